The van der Waals surface area contributed by atoms with E-state index in [1.54, 1.807) is 20.0 Å². The molecule has 0 saturated heterocycles. The van der Waals surface area contributed by atoms with Gasteiger partial charge in [0, 0.05) is 24.2 Å². The maximum atomic E-state index is 12.7. The molecule has 9 heteroatoms. The average molecular weight is 383 g/mol. The van der Waals surface area contributed by atoms with E-state index in [2.05, 4.69) is 10.3 Å². The van der Waals surface area contributed by atoms with E-state index in [1.165, 1.54) is 41.0 Å². The second-order valence-electron chi connectivity index (χ2n) is 5.18. The van der Waals surface area contributed by atoms with Crippen LogP contribution in [0.2, 0.25) is 0 Å². The number of hydrogen-bond acceptors (Lipinski definition) is 6. The molecule has 0 radical (unpaired) electrons. The molecule has 7 nitrogen and oxygen atoms in total. The minimum atomic E-state index is -3.67. The monoisotopic (exact) mass is 383 g/mol. The molecule has 1 N–H and O–H groups in total. The van der Waals surface area contributed by atoms with Crippen molar-refractivity contribution in [3.05, 3.63) is 34.8 Å². The number of nitrogens with zero attached hydrogens (tertiary/aromatic N) is 2. The Kier molecular flexibility index (Phi) is 6.15. The van der Waals surface area contributed by atoms with Crippen molar-refractivity contribution < 1.29 is 17.9 Å². The molecule has 0 aliphatic rings. The Morgan fingerprint density at radius 1 is 1.32 bits per heavy atom. The number of anilines is 1. The van der Waals surface area contributed by atoms with Gasteiger partial charge in [-0.3, -0.25) is 10.1 Å². The van der Waals surface area contributed by atoms with Gasteiger partial charge < -0.3 is 4.74 Å². The molecule has 2 rings (SSSR count). The summed E-state index contributed by atoms with van der Waals surface area (Å²) < 4.78 is 31.9. The molecule has 136 valence electrons. The Balaban J connectivity index is 2.41. The molecular formula is C16H21N3O4S2. The van der Waals surface area contributed by atoms with Gasteiger partial charge in [0.15, 0.2) is 5.13 Å². The number of nitrogens with one attached hydrogen (secondary N) is 1. The van der Waals surface area contributed by atoms with Crippen LogP contribution in [0.1, 0.15) is 29.1 Å². The van der Waals surface area contributed by atoms with E-state index in [-0.39, 0.29) is 10.5 Å². The third-order valence-electron chi connectivity index (χ3n) is 3.60. The highest BCUT2D eigenvalue weighted by Gasteiger charge is 2.24. The summed E-state index contributed by atoms with van der Waals surface area (Å²) in [6, 6.07) is 4.26. The summed E-state index contributed by atoms with van der Waals surface area (Å²) in [4.78, 5) is 17.7. The SMILES string of the molecule is CCN(CC)S(=O)(=O)c1ccc(OC)c(C(=O)Nc2ncc(C)s2)c1. The van der Waals surface area contributed by atoms with E-state index in [1.807, 2.05) is 6.92 Å². The summed E-state index contributed by atoms with van der Waals surface area (Å²) in [6.45, 7) is 6.12. The molecule has 0 saturated carbocycles. The third-order valence-corrected chi connectivity index (χ3v) is 6.47. The zero-order valence-electron chi connectivity index (χ0n) is 14.6. The molecule has 25 heavy (non-hydrogen) atoms. The van der Waals surface area contributed by atoms with E-state index < -0.39 is 15.9 Å². The Morgan fingerprint density at radius 2 is 2.00 bits per heavy atom. The van der Waals surface area contributed by atoms with Crippen molar-refractivity contribution in [1.82, 2.24) is 9.29 Å². The molecule has 0 bridgehead atoms. The summed E-state index contributed by atoms with van der Waals surface area (Å²) in [7, 11) is -2.24. The van der Waals surface area contributed by atoms with Crippen LogP contribution in [0.4, 0.5) is 5.13 Å². The number of rotatable bonds is 7. The number of methoxy groups -OCH3 is 1. The fourth-order valence-corrected chi connectivity index (χ4v) is 4.46. The predicted octanol–water partition coefficient (Wildman–Crippen LogP) is 2.74. The van der Waals surface area contributed by atoms with Gasteiger partial charge >= 0.3 is 0 Å². The van der Waals surface area contributed by atoms with Gasteiger partial charge in [-0.05, 0) is 25.1 Å². The van der Waals surface area contributed by atoms with Gasteiger partial charge in [-0.2, -0.15) is 4.31 Å². The van der Waals surface area contributed by atoms with Gasteiger partial charge in [-0.15, -0.1) is 11.3 Å². The van der Waals surface area contributed by atoms with E-state index in [4.69, 9.17) is 4.74 Å². The zero-order chi connectivity index (χ0) is 18.6. The summed E-state index contributed by atoms with van der Waals surface area (Å²) in [6.07, 6.45) is 1.65. The molecule has 0 unspecified atom stereocenters. The molecule has 1 aromatic heterocycles. The number of carbonyl (C=O) groups excluding carboxylic acids is 1. The quantitative estimate of drug-likeness (QED) is 0.794. The molecular weight excluding hydrogens is 362 g/mol. The van der Waals surface area contributed by atoms with Crippen molar-refractivity contribution in [3.63, 3.8) is 0 Å². The fourth-order valence-electron chi connectivity index (χ4n) is 2.31. The molecule has 0 aliphatic heterocycles. The van der Waals surface area contributed by atoms with E-state index in [0.717, 1.165) is 4.88 Å². The zero-order valence-corrected chi connectivity index (χ0v) is 16.2. The van der Waals surface area contributed by atoms with Crippen LogP contribution in [0.25, 0.3) is 0 Å². The summed E-state index contributed by atoms with van der Waals surface area (Å²) in [5.74, 6) is -0.174. The summed E-state index contributed by atoms with van der Waals surface area (Å²) in [5, 5.41) is 3.12. The van der Waals surface area contributed by atoms with Crippen LogP contribution in [0.3, 0.4) is 0 Å². The van der Waals surface area contributed by atoms with E-state index in [9.17, 15) is 13.2 Å². The van der Waals surface area contributed by atoms with Gasteiger partial charge in [-0.25, -0.2) is 13.4 Å². The number of aryl methyl sites for hydroxylation is 1. The first-order chi connectivity index (χ1) is 11.8. The maximum Gasteiger partial charge on any atom is 0.261 e. The lowest BCUT2D eigenvalue weighted by Gasteiger charge is -2.19. The molecule has 1 aromatic carbocycles. The first kappa shape index (κ1) is 19.4. The molecule has 0 atom stereocenters. The largest absolute Gasteiger partial charge is 0.496 e. The summed E-state index contributed by atoms with van der Waals surface area (Å²) in [5.41, 5.74) is 0.142. The average Bonchev–Trinajstić information content (AvgIpc) is 2.99. The van der Waals surface area contributed by atoms with Crippen LogP contribution in [0.5, 0.6) is 5.75 Å². The van der Waals surface area contributed by atoms with Crippen LogP contribution >= 0.6 is 11.3 Å². The van der Waals surface area contributed by atoms with Gasteiger partial charge in [-0.1, -0.05) is 13.8 Å². The Morgan fingerprint density at radius 3 is 2.52 bits per heavy atom. The van der Waals surface area contributed by atoms with Crippen molar-refractivity contribution in [2.75, 3.05) is 25.5 Å². The van der Waals surface area contributed by atoms with Crippen LogP contribution in [-0.2, 0) is 10.0 Å². The van der Waals surface area contributed by atoms with E-state index in [0.29, 0.717) is 24.0 Å². The second kappa shape index (κ2) is 7.94. The topological polar surface area (TPSA) is 88.6 Å². The number of sulfonamides is 1. The molecule has 0 aliphatic carbocycles. The standard InChI is InChI=1S/C16H21N3O4S2/c1-5-19(6-2)25(21,22)12-7-8-14(23-4)13(9-12)15(20)18-16-17-10-11(3)24-16/h7-10H,5-6H2,1-4H3,(H,17,18,20). The number of aromatic nitrogens is 1. The van der Waals surface area contributed by atoms with Crippen LogP contribution in [-0.4, -0.2) is 43.8 Å². The van der Waals surface area contributed by atoms with Crippen molar-refractivity contribution in [2.24, 2.45) is 0 Å². The lowest BCUT2D eigenvalue weighted by Crippen LogP contribution is -2.30. The smallest absolute Gasteiger partial charge is 0.261 e. The van der Waals surface area contributed by atoms with Gasteiger partial charge in [0.25, 0.3) is 5.91 Å². The number of hydrogen-bond donors (Lipinski definition) is 1. The predicted molar refractivity (Wildman–Crippen MR) is 97.9 cm³/mol. The number of ether oxygens (including phenoxy) is 1. The van der Waals surface area contributed by atoms with Crippen LogP contribution < -0.4 is 10.1 Å². The minimum absolute atomic E-state index is 0.0532. The molecule has 1 amide bonds. The number of benzene rings is 1. The number of amides is 1. The maximum absolute atomic E-state index is 12.7. The molecule has 0 spiro atoms. The van der Waals surface area contributed by atoms with Crippen molar-refractivity contribution >= 4 is 32.4 Å². The molecule has 2 aromatic rings. The molecule has 0 fully saturated rings. The first-order valence-electron chi connectivity index (χ1n) is 7.75. The number of carbonyl (C=O) groups is 1. The van der Waals surface area contributed by atoms with Crippen molar-refractivity contribution in [3.8, 4) is 5.75 Å². The normalized spacial score (nSPS) is 11.6. The highest BCUT2D eigenvalue weighted by atomic mass is 32.2. The van der Waals surface area contributed by atoms with Gasteiger partial charge in [0.2, 0.25) is 10.0 Å². The number of thiazole rings is 1. The Labute approximate surface area is 151 Å². The van der Waals surface area contributed by atoms with Gasteiger partial charge in [0.1, 0.15) is 5.75 Å². The lowest BCUT2D eigenvalue weighted by molar-refractivity contribution is 0.102. The minimum Gasteiger partial charge on any atom is -0.496 e. The Hall–Kier alpha value is -1.97. The highest BCUT2D eigenvalue weighted by molar-refractivity contribution is 7.89. The lowest BCUT2D eigenvalue weighted by atomic mass is 10.2. The van der Waals surface area contributed by atoms with E-state index >= 15 is 0 Å². The first-order valence-corrected chi connectivity index (χ1v) is 10.0. The molecule has 1 heterocycles. The van der Waals surface area contributed by atoms with Gasteiger partial charge in [0.05, 0.1) is 17.6 Å². The third kappa shape index (κ3) is 4.17. The second-order valence-corrected chi connectivity index (χ2v) is 8.35. The van der Waals surface area contributed by atoms with Crippen molar-refractivity contribution in [2.45, 2.75) is 25.7 Å². The van der Waals surface area contributed by atoms with Crippen molar-refractivity contribution in [1.29, 1.82) is 0 Å². The fraction of sp³-hybridized carbons (Fsp3) is 0.375. The highest BCUT2D eigenvalue weighted by Crippen LogP contribution is 2.26. The Bertz CT molecular complexity index is 858. The summed E-state index contributed by atoms with van der Waals surface area (Å²) >= 11 is 1.34. The van der Waals surface area contributed by atoms with Crippen LogP contribution in [0, 0.1) is 6.92 Å². The van der Waals surface area contributed by atoms with Crippen LogP contribution in [0.15, 0.2) is 29.3 Å².